The molecule has 46 heavy (non-hydrogen) atoms. The number of nitriles is 1. The van der Waals surface area contributed by atoms with Gasteiger partial charge in [-0.3, -0.25) is 0 Å². The first-order valence-electron chi connectivity index (χ1n) is 13.4. The number of halogens is 10. The lowest BCUT2D eigenvalue weighted by Gasteiger charge is -2.26. The molecule has 4 rings (SSSR count). The molecule has 1 aliphatic heterocycles. The van der Waals surface area contributed by atoms with Crippen LogP contribution in [0.5, 0.6) is 0 Å². The standard InChI is InChI=1S/C30H24BF10N3O2/c1-16-9-11-20(12-10-16)24-21-7-5-6-8-22(21)25(43-24)23(13-42)26-18(3)17(2)19(4)44(26)31(45-14-27(32,33)29(36,37)38)46-15-28(34,35)30(39,40)41/h5-12H,14-15H2,1-4H3/b25-23-. The van der Waals surface area contributed by atoms with Crippen LogP contribution in [-0.4, -0.2) is 54.9 Å². The number of hydrogen-bond donors (Lipinski definition) is 0. The Morgan fingerprint density at radius 1 is 0.761 bits per heavy atom. The molecule has 1 aliphatic rings. The topological polar surface area (TPSA) is 59.5 Å². The molecule has 0 N–H and O–H groups in total. The Morgan fingerprint density at radius 3 is 1.74 bits per heavy atom. The van der Waals surface area contributed by atoms with Crippen molar-refractivity contribution < 1.29 is 53.2 Å². The maximum Gasteiger partial charge on any atom is 0.598 e. The molecule has 16 heteroatoms. The predicted molar refractivity (Wildman–Crippen MR) is 149 cm³/mol. The van der Waals surface area contributed by atoms with Crippen LogP contribution in [0.25, 0.3) is 11.3 Å². The van der Waals surface area contributed by atoms with Crippen molar-refractivity contribution in [3.8, 4) is 6.07 Å². The zero-order valence-corrected chi connectivity index (χ0v) is 24.5. The molecule has 0 fully saturated rings. The molecule has 1 aromatic heterocycles. The van der Waals surface area contributed by atoms with Gasteiger partial charge >= 0.3 is 31.5 Å². The van der Waals surface area contributed by atoms with Gasteiger partial charge in [0.15, 0.2) is 0 Å². The normalized spacial score (nSPS) is 15.0. The highest BCUT2D eigenvalue weighted by Crippen LogP contribution is 2.41. The maximum absolute atomic E-state index is 13.9. The van der Waals surface area contributed by atoms with Gasteiger partial charge in [-0.25, -0.2) is 4.99 Å². The van der Waals surface area contributed by atoms with Crippen LogP contribution in [0.15, 0.2) is 53.5 Å². The Balaban J connectivity index is 1.94. The minimum absolute atomic E-state index is 0.0236. The van der Waals surface area contributed by atoms with E-state index in [-0.39, 0.29) is 28.2 Å². The van der Waals surface area contributed by atoms with Gasteiger partial charge in [-0.2, -0.15) is 49.2 Å². The van der Waals surface area contributed by atoms with E-state index in [1.165, 1.54) is 20.8 Å². The molecule has 0 atom stereocenters. The van der Waals surface area contributed by atoms with Crippen molar-refractivity contribution in [2.24, 2.45) is 4.99 Å². The lowest BCUT2D eigenvalue weighted by molar-refractivity contribution is -0.295. The fourth-order valence-electron chi connectivity index (χ4n) is 4.73. The highest BCUT2D eigenvalue weighted by molar-refractivity contribution is 6.43. The van der Waals surface area contributed by atoms with Crippen molar-refractivity contribution in [2.45, 2.75) is 51.9 Å². The van der Waals surface area contributed by atoms with E-state index in [4.69, 9.17) is 0 Å². The summed E-state index contributed by atoms with van der Waals surface area (Å²) in [4.78, 5) is 4.66. The van der Waals surface area contributed by atoms with Gasteiger partial charge < -0.3 is 13.8 Å². The molecular weight excluding hydrogens is 635 g/mol. The summed E-state index contributed by atoms with van der Waals surface area (Å²) >= 11 is 0. The van der Waals surface area contributed by atoms with Crippen molar-refractivity contribution >= 4 is 24.2 Å². The zero-order valence-electron chi connectivity index (χ0n) is 24.5. The molecule has 0 saturated carbocycles. The molecule has 0 amide bonds. The molecule has 0 unspecified atom stereocenters. The SMILES string of the molecule is Cc1ccc(C2=N/C(=C(/C#N)c3c(C)c(C)c(C)n3B(OCC(F)(F)C(F)(F)F)OCC(F)(F)C(F)(F)F)c3ccccc32)cc1. The van der Waals surface area contributed by atoms with Gasteiger partial charge in [0.05, 0.1) is 17.1 Å². The van der Waals surface area contributed by atoms with Crippen molar-refractivity contribution in [3.05, 3.63) is 93.3 Å². The summed E-state index contributed by atoms with van der Waals surface area (Å²) in [7, 11) is -2.69. The summed E-state index contributed by atoms with van der Waals surface area (Å²) < 4.78 is 143. The van der Waals surface area contributed by atoms with Crippen LogP contribution < -0.4 is 0 Å². The third-order valence-corrected chi connectivity index (χ3v) is 7.49. The number of nitrogens with zero attached hydrogens (tertiary/aromatic N) is 3. The van der Waals surface area contributed by atoms with Crippen LogP contribution >= 0.6 is 0 Å². The van der Waals surface area contributed by atoms with E-state index in [2.05, 4.69) is 14.3 Å². The lowest BCUT2D eigenvalue weighted by atomic mass is 9.95. The second-order valence-corrected chi connectivity index (χ2v) is 10.6. The van der Waals surface area contributed by atoms with E-state index in [0.29, 0.717) is 32.4 Å². The highest BCUT2D eigenvalue weighted by atomic mass is 19.4. The van der Waals surface area contributed by atoms with Gasteiger partial charge in [0, 0.05) is 22.4 Å². The largest absolute Gasteiger partial charge is 0.598 e. The van der Waals surface area contributed by atoms with E-state index < -0.39 is 44.7 Å². The number of aromatic nitrogens is 1. The average molecular weight is 659 g/mol. The molecule has 0 saturated heterocycles. The van der Waals surface area contributed by atoms with Crippen molar-refractivity contribution in [1.82, 2.24) is 4.48 Å². The number of allylic oxidation sites excluding steroid dienone is 1. The van der Waals surface area contributed by atoms with Gasteiger partial charge in [0.2, 0.25) is 0 Å². The Kier molecular flexibility index (Phi) is 9.26. The average Bonchev–Trinajstić information content (AvgIpc) is 3.44. The summed E-state index contributed by atoms with van der Waals surface area (Å²) in [6.07, 6.45) is -12.3. The maximum atomic E-state index is 13.9. The minimum Gasteiger partial charge on any atom is -0.385 e. The molecule has 3 aromatic rings. The number of benzene rings is 2. The Labute approximate surface area is 256 Å². The minimum atomic E-state index is -6.15. The Morgan fingerprint density at radius 2 is 1.26 bits per heavy atom. The number of alkyl halides is 10. The van der Waals surface area contributed by atoms with Gasteiger partial charge in [-0.05, 0) is 38.8 Å². The molecule has 244 valence electrons. The lowest BCUT2D eigenvalue weighted by Crippen LogP contribution is -2.48. The third kappa shape index (κ3) is 6.43. The Hall–Kier alpha value is -4.10. The summed E-state index contributed by atoms with van der Waals surface area (Å²) in [5.74, 6) is -11.1. The highest BCUT2D eigenvalue weighted by Gasteiger charge is 2.60. The van der Waals surface area contributed by atoms with Gasteiger partial charge in [0.1, 0.15) is 24.9 Å². The first kappa shape index (κ1) is 34.8. The summed E-state index contributed by atoms with van der Waals surface area (Å²) in [5, 5.41) is 10.4. The molecule has 0 spiro atoms. The van der Waals surface area contributed by atoms with Gasteiger partial charge in [-0.1, -0.05) is 54.1 Å². The fraction of sp³-hybridized carbons (Fsp3) is 0.333. The van der Waals surface area contributed by atoms with Crippen LogP contribution in [0, 0.1) is 39.0 Å². The summed E-state index contributed by atoms with van der Waals surface area (Å²) in [5.41, 5.74) is 2.96. The molecule has 0 radical (unpaired) electrons. The first-order chi connectivity index (χ1) is 21.2. The second kappa shape index (κ2) is 12.3. The second-order valence-electron chi connectivity index (χ2n) is 10.6. The van der Waals surface area contributed by atoms with Gasteiger partial charge in [-0.15, -0.1) is 0 Å². The van der Waals surface area contributed by atoms with Gasteiger partial charge in [0.25, 0.3) is 0 Å². The van der Waals surface area contributed by atoms with E-state index in [1.807, 2.05) is 25.1 Å². The van der Waals surface area contributed by atoms with Crippen LogP contribution in [0.1, 0.15) is 44.8 Å². The molecule has 0 aliphatic carbocycles. The molecular formula is C30H24BF10N3O2. The number of hydrogen-bond acceptors (Lipinski definition) is 4. The first-order valence-corrected chi connectivity index (χ1v) is 13.4. The molecule has 5 nitrogen and oxygen atoms in total. The van der Waals surface area contributed by atoms with Crippen molar-refractivity contribution in [3.63, 3.8) is 0 Å². The molecule has 0 bridgehead atoms. The number of rotatable bonds is 9. The predicted octanol–water partition coefficient (Wildman–Crippen LogP) is 8.23. The molecule has 2 aromatic carbocycles. The quantitative estimate of drug-likeness (QED) is 0.132. The van der Waals surface area contributed by atoms with Crippen molar-refractivity contribution in [1.29, 1.82) is 5.26 Å². The number of aryl methyl sites for hydroxylation is 1. The van der Waals surface area contributed by atoms with Crippen LogP contribution in [0.2, 0.25) is 0 Å². The Bertz CT molecular complexity index is 1700. The van der Waals surface area contributed by atoms with Crippen molar-refractivity contribution in [2.75, 3.05) is 13.2 Å². The van der Waals surface area contributed by atoms with E-state index in [9.17, 15) is 49.2 Å². The monoisotopic (exact) mass is 659 g/mol. The van der Waals surface area contributed by atoms with Crippen LogP contribution in [0.4, 0.5) is 43.9 Å². The number of fused-ring (bicyclic) bond motifs is 1. The smallest absolute Gasteiger partial charge is 0.385 e. The molecule has 2 heterocycles. The zero-order chi connectivity index (χ0) is 34.4. The summed E-state index contributed by atoms with van der Waals surface area (Å²) in [6.45, 7) is 1.04. The third-order valence-electron chi connectivity index (χ3n) is 7.49. The fourth-order valence-corrected chi connectivity index (χ4v) is 4.73. The summed E-state index contributed by atoms with van der Waals surface area (Å²) in [6, 6.07) is 15.8. The van der Waals surface area contributed by atoms with Crippen LogP contribution in [-0.2, 0) is 9.31 Å². The van der Waals surface area contributed by atoms with E-state index in [1.54, 1.807) is 36.4 Å². The van der Waals surface area contributed by atoms with Crippen LogP contribution in [0.3, 0.4) is 0 Å². The van der Waals surface area contributed by atoms with E-state index in [0.717, 1.165) is 5.56 Å². The number of aliphatic imine (C=N–C) groups is 1. The van der Waals surface area contributed by atoms with E-state index >= 15 is 0 Å².